The van der Waals surface area contributed by atoms with Crippen LogP contribution in [0.25, 0.3) is 0 Å². The summed E-state index contributed by atoms with van der Waals surface area (Å²) in [7, 11) is 1.84. The van der Waals surface area contributed by atoms with Gasteiger partial charge in [0.15, 0.2) is 0 Å². The number of rotatable bonds is 5. The van der Waals surface area contributed by atoms with E-state index in [1.165, 1.54) is 12.1 Å². The van der Waals surface area contributed by atoms with E-state index in [0.29, 0.717) is 12.8 Å². The highest BCUT2D eigenvalue weighted by Gasteiger charge is 2.34. The number of hydrogen-bond donors (Lipinski definition) is 2. The number of alkyl halides is 3. The number of aromatic nitrogens is 2. The van der Waals surface area contributed by atoms with Crippen molar-refractivity contribution < 1.29 is 13.2 Å². The van der Waals surface area contributed by atoms with Crippen LogP contribution in [0.1, 0.15) is 29.4 Å². The molecule has 21 heavy (non-hydrogen) atoms. The van der Waals surface area contributed by atoms with Crippen molar-refractivity contribution in [2.45, 2.75) is 25.1 Å². The molecule has 7 heteroatoms. The Kier molecular flexibility index (Phi) is 4.64. The van der Waals surface area contributed by atoms with Crippen LogP contribution in [0.5, 0.6) is 0 Å². The maximum absolute atomic E-state index is 13.0. The average molecular weight is 298 g/mol. The van der Waals surface area contributed by atoms with Gasteiger partial charge in [0.05, 0.1) is 5.56 Å². The Morgan fingerprint density at radius 2 is 2.05 bits per heavy atom. The fourth-order valence-electron chi connectivity index (χ4n) is 2.30. The first kappa shape index (κ1) is 15.5. The number of nitrogens with one attached hydrogen (secondary N) is 1. The van der Waals surface area contributed by atoms with Gasteiger partial charge in [0.25, 0.3) is 0 Å². The molecule has 1 unspecified atom stereocenters. The molecule has 1 aromatic heterocycles. The van der Waals surface area contributed by atoms with Gasteiger partial charge in [-0.05, 0) is 18.1 Å². The Balaban J connectivity index is 2.20. The third kappa shape index (κ3) is 3.62. The smallest absolute Gasteiger partial charge is 0.338 e. The molecule has 114 valence electrons. The van der Waals surface area contributed by atoms with Gasteiger partial charge in [-0.25, -0.2) is 4.98 Å². The highest BCUT2D eigenvalue weighted by atomic mass is 19.4. The number of hydrogen-bond acceptors (Lipinski definition) is 3. The van der Waals surface area contributed by atoms with Gasteiger partial charge in [-0.3, -0.25) is 11.3 Å². The number of aryl methyl sites for hydroxylation is 2. The zero-order valence-electron chi connectivity index (χ0n) is 11.6. The minimum absolute atomic E-state index is 0.154. The van der Waals surface area contributed by atoms with E-state index in [1.54, 1.807) is 18.5 Å². The standard InChI is InChI=1S/C14H17F3N4/c1-21-9-8-19-13(21)7-6-12(20-18)10-4-2-3-5-11(10)14(15,16)17/h2-5,8-9,12,20H,6-7,18H2,1H3. The summed E-state index contributed by atoms with van der Waals surface area (Å²) in [5.74, 6) is 6.26. The van der Waals surface area contributed by atoms with Crippen molar-refractivity contribution in [1.82, 2.24) is 15.0 Å². The quantitative estimate of drug-likeness (QED) is 0.659. The van der Waals surface area contributed by atoms with Gasteiger partial charge < -0.3 is 4.57 Å². The maximum Gasteiger partial charge on any atom is 0.416 e. The van der Waals surface area contributed by atoms with Crippen molar-refractivity contribution >= 4 is 0 Å². The van der Waals surface area contributed by atoms with E-state index >= 15 is 0 Å². The summed E-state index contributed by atoms with van der Waals surface area (Å²) < 4.78 is 40.9. The van der Waals surface area contributed by atoms with E-state index in [0.717, 1.165) is 11.9 Å². The highest BCUT2D eigenvalue weighted by molar-refractivity contribution is 5.32. The van der Waals surface area contributed by atoms with Crippen molar-refractivity contribution in [2.75, 3.05) is 0 Å². The first-order valence-corrected chi connectivity index (χ1v) is 6.52. The minimum Gasteiger partial charge on any atom is -0.338 e. The molecule has 1 heterocycles. The molecule has 4 nitrogen and oxygen atoms in total. The van der Waals surface area contributed by atoms with Crippen LogP contribution in [-0.4, -0.2) is 9.55 Å². The molecule has 0 aliphatic rings. The number of imidazole rings is 1. The number of hydrazine groups is 1. The second kappa shape index (κ2) is 6.28. The van der Waals surface area contributed by atoms with Crippen LogP contribution in [-0.2, 0) is 19.6 Å². The lowest BCUT2D eigenvalue weighted by Crippen LogP contribution is -2.30. The first-order chi connectivity index (χ1) is 9.93. The normalized spacial score (nSPS) is 13.4. The zero-order chi connectivity index (χ0) is 15.5. The molecule has 0 radical (unpaired) electrons. The van der Waals surface area contributed by atoms with Crippen LogP contribution in [0.3, 0.4) is 0 Å². The molecule has 0 saturated heterocycles. The molecule has 0 aliphatic heterocycles. The highest BCUT2D eigenvalue weighted by Crippen LogP contribution is 2.35. The minimum atomic E-state index is -4.39. The SMILES string of the molecule is Cn1ccnc1CCC(NN)c1ccccc1C(F)(F)F. The van der Waals surface area contributed by atoms with Crippen LogP contribution in [0.15, 0.2) is 36.7 Å². The molecule has 0 bridgehead atoms. The van der Waals surface area contributed by atoms with Gasteiger partial charge in [0.1, 0.15) is 5.82 Å². The van der Waals surface area contributed by atoms with Crippen molar-refractivity contribution in [3.05, 3.63) is 53.6 Å². The van der Waals surface area contributed by atoms with Crippen molar-refractivity contribution in [3.8, 4) is 0 Å². The predicted octanol–water partition coefficient (Wildman–Crippen LogP) is 2.58. The number of nitrogens with zero attached hydrogens (tertiary/aromatic N) is 2. The molecular weight excluding hydrogens is 281 g/mol. The lowest BCUT2D eigenvalue weighted by atomic mass is 9.96. The summed E-state index contributed by atoms with van der Waals surface area (Å²) in [6.45, 7) is 0. The summed E-state index contributed by atoms with van der Waals surface area (Å²) in [5, 5.41) is 0. The molecular formula is C14H17F3N4. The Morgan fingerprint density at radius 3 is 2.62 bits per heavy atom. The van der Waals surface area contributed by atoms with Gasteiger partial charge in [0, 0.05) is 31.9 Å². The molecule has 1 atom stereocenters. The van der Waals surface area contributed by atoms with E-state index in [-0.39, 0.29) is 5.56 Å². The first-order valence-electron chi connectivity index (χ1n) is 6.52. The summed E-state index contributed by atoms with van der Waals surface area (Å²) in [6, 6.07) is 4.89. The number of halogens is 3. The van der Waals surface area contributed by atoms with Crippen LogP contribution in [0, 0.1) is 0 Å². The molecule has 0 saturated carbocycles. The van der Waals surface area contributed by atoms with E-state index in [4.69, 9.17) is 5.84 Å². The van der Waals surface area contributed by atoms with Crippen molar-refractivity contribution in [2.24, 2.45) is 12.9 Å². The van der Waals surface area contributed by atoms with Crippen LogP contribution >= 0.6 is 0 Å². The predicted molar refractivity (Wildman–Crippen MR) is 73.0 cm³/mol. The molecule has 0 aliphatic carbocycles. The van der Waals surface area contributed by atoms with Crippen molar-refractivity contribution in [3.63, 3.8) is 0 Å². The second-order valence-corrected chi connectivity index (χ2v) is 4.80. The average Bonchev–Trinajstić information content (AvgIpc) is 2.84. The number of benzene rings is 1. The second-order valence-electron chi connectivity index (χ2n) is 4.80. The Bertz CT molecular complexity index is 592. The van der Waals surface area contributed by atoms with Gasteiger partial charge >= 0.3 is 6.18 Å². The van der Waals surface area contributed by atoms with E-state index in [9.17, 15) is 13.2 Å². The third-order valence-corrected chi connectivity index (χ3v) is 3.42. The Labute approximate surface area is 120 Å². The fraction of sp³-hybridized carbons (Fsp3) is 0.357. The largest absolute Gasteiger partial charge is 0.416 e. The van der Waals surface area contributed by atoms with E-state index < -0.39 is 17.8 Å². The topological polar surface area (TPSA) is 55.9 Å². The van der Waals surface area contributed by atoms with Crippen LogP contribution in [0.4, 0.5) is 13.2 Å². The van der Waals surface area contributed by atoms with E-state index in [1.807, 2.05) is 11.6 Å². The summed E-state index contributed by atoms with van der Waals surface area (Å²) in [4.78, 5) is 4.16. The van der Waals surface area contributed by atoms with Crippen molar-refractivity contribution in [1.29, 1.82) is 0 Å². The van der Waals surface area contributed by atoms with Gasteiger partial charge in [-0.2, -0.15) is 13.2 Å². The molecule has 0 fully saturated rings. The van der Waals surface area contributed by atoms with Gasteiger partial charge in [0.2, 0.25) is 0 Å². The number of nitrogens with two attached hydrogens (primary N) is 1. The lowest BCUT2D eigenvalue weighted by Gasteiger charge is -2.21. The maximum atomic E-state index is 13.0. The van der Waals surface area contributed by atoms with Gasteiger partial charge in [-0.1, -0.05) is 18.2 Å². The third-order valence-electron chi connectivity index (χ3n) is 3.42. The summed E-state index contributed by atoms with van der Waals surface area (Å²) in [6.07, 6.45) is 0.0155. The van der Waals surface area contributed by atoms with Crippen LogP contribution < -0.4 is 11.3 Å². The molecule has 0 amide bonds. The summed E-state index contributed by atoms with van der Waals surface area (Å²) in [5.41, 5.74) is 1.97. The van der Waals surface area contributed by atoms with E-state index in [2.05, 4.69) is 10.4 Å². The molecule has 1 aromatic carbocycles. The monoisotopic (exact) mass is 298 g/mol. The summed E-state index contributed by atoms with van der Waals surface area (Å²) >= 11 is 0. The molecule has 3 N–H and O–H groups in total. The molecule has 2 rings (SSSR count). The lowest BCUT2D eigenvalue weighted by molar-refractivity contribution is -0.138. The molecule has 0 spiro atoms. The van der Waals surface area contributed by atoms with Gasteiger partial charge in [-0.15, -0.1) is 0 Å². The molecule has 2 aromatic rings. The Morgan fingerprint density at radius 1 is 1.33 bits per heavy atom. The zero-order valence-corrected chi connectivity index (χ0v) is 11.6. The Hall–Kier alpha value is -1.86. The van der Waals surface area contributed by atoms with Crippen LogP contribution in [0.2, 0.25) is 0 Å². The fourth-order valence-corrected chi connectivity index (χ4v) is 2.30.